The van der Waals surface area contributed by atoms with Crippen molar-refractivity contribution in [3.8, 4) is 0 Å². The molecule has 1 aliphatic heterocycles. The fourth-order valence-corrected chi connectivity index (χ4v) is 3.51. The van der Waals surface area contributed by atoms with E-state index in [1.54, 1.807) is 11.3 Å². The van der Waals surface area contributed by atoms with E-state index >= 15 is 0 Å². The topological polar surface area (TPSA) is 33.2 Å². The van der Waals surface area contributed by atoms with Gasteiger partial charge in [0.15, 0.2) is 0 Å². The van der Waals surface area contributed by atoms with Gasteiger partial charge in [-0.05, 0) is 38.5 Å². The van der Waals surface area contributed by atoms with Gasteiger partial charge < -0.3 is 4.90 Å². The summed E-state index contributed by atoms with van der Waals surface area (Å²) < 4.78 is 0. The molecule has 3 nitrogen and oxygen atoms in total. The summed E-state index contributed by atoms with van der Waals surface area (Å²) in [4.78, 5) is 19.1. The molecule has 4 heteroatoms. The second kappa shape index (κ2) is 6.51. The molecular weight excluding hydrogens is 256 g/mol. The predicted molar refractivity (Wildman–Crippen MR) is 79.2 cm³/mol. The molecule has 1 fully saturated rings. The largest absolute Gasteiger partial charge is 0.333 e. The number of likely N-dealkylation sites (tertiary alicyclic amines) is 1. The zero-order chi connectivity index (χ0) is 13.8. The van der Waals surface area contributed by atoms with Gasteiger partial charge >= 0.3 is 0 Å². The molecule has 1 aromatic heterocycles. The minimum Gasteiger partial charge on any atom is -0.333 e. The lowest BCUT2D eigenvalue weighted by atomic mass is 10.0. The summed E-state index contributed by atoms with van der Waals surface area (Å²) >= 11 is 1.70. The van der Waals surface area contributed by atoms with Crippen LogP contribution in [0.25, 0.3) is 0 Å². The predicted octanol–water partition coefficient (Wildman–Crippen LogP) is 3.94. The highest BCUT2D eigenvalue weighted by Crippen LogP contribution is 2.33. The minimum absolute atomic E-state index is 0.229. The Bertz CT molecular complexity index is 428. The molecule has 0 bridgehead atoms. The van der Waals surface area contributed by atoms with Gasteiger partial charge in [0.1, 0.15) is 5.01 Å². The van der Waals surface area contributed by atoms with Crippen LogP contribution >= 0.6 is 11.3 Å². The quantitative estimate of drug-likeness (QED) is 0.837. The van der Waals surface area contributed by atoms with E-state index in [9.17, 15) is 4.79 Å². The lowest BCUT2D eigenvalue weighted by Gasteiger charge is -2.34. The van der Waals surface area contributed by atoms with Crippen LogP contribution in [0, 0.1) is 12.8 Å². The van der Waals surface area contributed by atoms with Crippen molar-refractivity contribution < 1.29 is 4.79 Å². The first-order valence-electron chi connectivity index (χ1n) is 7.29. The van der Waals surface area contributed by atoms with Crippen molar-refractivity contribution in [1.29, 1.82) is 0 Å². The molecule has 19 heavy (non-hydrogen) atoms. The monoisotopic (exact) mass is 280 g/mol. The maximum Gasteiger partial charge on any atom is 0.223 e. The SMILES string of the molecule is Cc1csc(C2CCCCN2C(=O)CCC(C)C)n1. The Morgan fingerprint density at radius 1 is 1.53 bits per heavy atom. The van der Waals surface area contributed by atoms with Crippen molar-refractivity contribution in [1.82, 2.24) is 9.88 Å². The number of nitrogens with zero attached hydrogens (tertiary/aromatic N) is 2. The number of piperidine rings is 1. The Labute approximate surface area is 120 Å². The minimum atomic E-state index is 0.229. The number of hydrogen-bond donors (Lipinski definition) is 0. The Balaban J connectivity index is 2.05. The zero-order valence-electron chi connectivity index (χ0n) is 12.2. The average molecular weight is 280 g/mol. The Kier molecular flexibility index (Phi) is 4.97. The maximum absolute atomic E-state index is 12.4. The first kappa shape index (κ1) is 14.5. The van der Waals surface area contributed by atoms with Crippen molar-refractivity contribution >= 4 is 17.2 Å². The van der Waals surface area contributed by atoms with Crippen molar-refractivity contribution in [3.05, 3.63) is 16.1 Å². The smallest absolute Gasteiger partial charge is 0.223 e. The summed E-state index contributed by atoms with van der Waals surface area (Å²) in [5, 5.41) is 3.20. The van der Waals surface area contributed by atoms with Crippen LogP contribution in [0.2, 0.25) is 0 Å². The molecule has 0 saturated carbocycles. The summed E-state index contributed by atoms with van der Waals surface area (Å²) in [5.41, 5.74) is 1.07. The van der Waals surface area contributed by atoms with Gasteiger partial charge in [-0.2, -0.15) is 0 Å². The molecule has 0 radical (unpaired) electrons. The lowest BCUT2D eigenvalue weighted by molar-refractivity contribution is -0.135. The maximum atomic E-state index is 12.4. The van der Waals surface area contributed by atoms with Gasteiger partial charge in [0.05, 0.1) is 6.04 Å². The number of rotatable bonds is 4. The number of thiazole rings is 1. The standard InChI is InChI=1S/C15H24N2OS/c1-11(2)7-8-14(18)17-9-5-4-6-13(17)15-16-12(3)10-19-15/h10-11,13H,4-9H2,1-3H3. The number of aromatic nitrogens is 1. The third-order valence-corrected chi connectivity index (χ3v) is 4.74. The van der Waals surface area contributed by atoms with E-state index in [0.29, 0.717) is 18.2 Å². The van der Waals surface area contributed by atoms with Crippen LogP contribution in [0.5, 0.6) is 0 Å². The van der Waals surface area contributed by atoms with Gasteiger partial charge in [-0.15, -0.1) is 11.3 Å². The molecule has 106 valence electrons. The van der Waals surface area contributed by atoms with E-state index in [1.807, 2.05) is 6.92 Å². The summed E-state index contributed by atoms with van der Waals surface area (Å²) in [7, 11) is 0. The lowest BCUT2D eigenvalue weighted by Crippen LogP contribution is -2.38. The van der Waals surface area contributed by atoms with Gasteiger partial charge in [-0.25, -0.2) is 4.98 Å². The molecule has 1 aliphatic rings. The van der Waals surface area contributed by atoms with E-state index in [4.69, 9.17) is 0 Å². The van der Waals surface area contributed by atoms with Gasteiger partial charge in [0.25, 0.3) is 0 Å². The van der Waals surface area contributed by atoms with Crippen molar-refractivity contribution in [2.24, 2.45) is 5.92 Å². The van der Waals surface area contributed by atoms with E-state index in [-0.39, 0.29) is 6.04 Å². The molecule has 1 unspecified atom stereocenters. The van der Waals surface area contributed by atoms with Crippen LogP contribution in [-0.2, 0) is 4.79 Å². The number of hydrogen-bond acceptors (Lipinski definition) is 3. The molecule has 1 amide bonds. The van der Waals surface area contributed by atoms with Gasteiger partial charge in [0.2, 0.25) is 5.91 Å². The molecule has 1 atom stereocenters. The second-order valence-electron chi connectivity index (χ2n) is 5.86. The molecule has 2 heterocycles. The first-order chi connectivity index (χ1) is 9.08. The van der Waals surface area contributed by atoms with E-state index in [2.05, 4.69) is 29.1 Å². The van der Waals surface area contributed by atoms with Crippen LogP contribution in [-0.4, -0.2) is 22.3 Å². The second-order valence-corrected chi connectivity index (χ2v) is 6.75. The summed E-state index contributed by atoms with van der Waals surface area (Å²) in [6.07, 6.45) is 5.07. The van der Waals surface area contributed by atoms with Gasteiger partial charge in [-0.3, -0.25) is 4.79 Å². The highest BCUT2D eigenvalue weighted by molar-refractivity contribution is 7.09. The molecule has 2 rings (SSSR count). The van der Waals surface area contributed by atoms with Crippen molar-refractivity contribution in [2.45, 2.75) is 58.9 Å². The first-order valence-corrected chi connectivity index (χ1v) is 8.17. The molecule has 0 aliphatic carbocycles. The molecule has 1 aromatic rings. The number of carbonyl (C=O) groups excluding carboxylic acids is 1. The molecule has 0 N–H and O–H groups in total. The van der Waals surface area contributed by atoms with Crippen LogP contribution in [0.1, 0.15) is 62.7 Å². The summed E-state index contributed by atoms with van der Waals surface area (Å²) in [6.45, 7) is 7.27. The fraction of sp³-hybridized carbons (Fsp3) is 0.733. The highest BCUT2D eigenvalue weighted by atomic mass is 32.1. The molecular formula is C15H24N2OS. The summed E-state index contributed by atoms with van der Waals surface area (Å²) in [5.74, 6) is 0.903. The van der Waals surface area contributed by atoms with Crippen LogP contribution in [0.3, 0.4) is 0 Å². The average Bonchev–Trinajstić information content (AvgIpc) is 2.82. The van der Waals surface area contributed by atoms with Crippen LogP contribution in [0.4, 0.5) is 0 Å². The molecule has 0 aromatic carbocycles. The van der Waals surface area contributed by atoms with E-state index in [0.717, 1.165) is 36.5 Å². The van der Waals surface area contributed by atoms with Crippen molar-refractivity contribution in [2.75, 3.05) is 6.54 Å². The van der Waals surface area contributed by atoms with Crippen molar-refractivity contribution in [3.63, 3.8) is 0 Å². The number of amides is 1. The van der Waals surface area contributed by atoms with Gasteiger partial charge in [-0.1, -0.05) is 13.8 Å². The fourth-order valence-electron chi connectivity index (χ4n) is 2.57. The Morgan fingerprint density at radius 3 is 2.95 bits per heavy atom. The Hall–Kier alpha value is -0.900. The third kappa shape index (κ3) is 3.78. The number of aryl methyl sites for hydroxylation is 1. The molecule has 1 saturated heterocycles. The van der Waals surface area contributed by atoms with Gasteiger partial charge in [0, 0.05) is 24.0 Å². The summed E-state index contributed by atoms with van der Waals surface area (Å²) in [6, 6.07) is 0.229. The normalized spacial score (nSPS) is 20.0. The number of carbonyl (C=O) groups is 1. The van der Waals surface area contributed by atoms with Crippen LogP contribution < -0.4 is 0 Å². The third-order valence-electron chi connectivity index (χ3n) is 3.68. The molecule has 0 spiro atoms. The highest BCUT2D eigenvalue weighted by Gasteiger charge is 2.29. The van der Waals surface area contributed by atoms with Crippen LogP contribution in [0.15, 0.2) is 5.38 Å². The zero-order valence-corrected chi connectivity index (χ0v) is 13.0. The Morgan fingerprint density at radius 2 is 2.32 bits per heavy atom. The van der Waals surface area contributed by atoms with E-state index < -0.39 is 0 Å². The van der Waals surface area contributed by atoms with E-state index in [1.165, 1.54) is 6.42 Å².